The van der Waals surface area contributed by atoms with Crippen LogP contribution in [0.15, 0.2) is 152 Å². The predicted octanol–water partition coefficient (Wildman–Crippen LogP) is 5.73. The summed E-state index contributed by atoms with van der Waals surface area (Å²) in [4.78, 5) is 0. The second kappa shape index (κ2) is 21.6. The Morgan fingerprint density at radius 2 is 0.741 bits per heavy atom. The van der Waals surface area contributed by atoms with Gasteiger partial charge in [-0.05, 0) is 27.8 Å². The SMILES string of the molecule is O[C@@H]1[C@@H](O)[C@H](O[C@H]2[C@H](OCc3ccccc3)[C@@H](OCc3ccccc3)[C@@H](O)O[C@@H]2COCc2ccccc2)O[C@H](COCc2ccccc2)[C@H]1OCc1ccccc1. The smallest absolute Gasteiger partial charge is 0.187 e. The largest absolute Gasteiger partial charge is 0.387 e. The number of hydrogen-bond donors (Lipinski definition) is 3. The van der Waals surface area contributed by atoms with Crippen molar-refractivity contribution in [1.82, 2.24) is 0 Å². The second-order valence-corrected chi connectivity index (χ2v) is 14.5. The highest BCUT2D eigenvalue weighted by Crippen LogP contribution is 2.34. The Kier molecular flexibility index (Phi) is 15.6. The van der Waals surface area contributed by atoms with Crippen molar-refractivity contribution in [2.75, 3.05) is 13.2 Å². The zero-order chi connectivity index (χ0) is 39.9. The molecule has 0 saturated carbocycles. The molecule has 0 spiro atoms. The third-order valence-corrected chi connectivity index (χ3v) is 10.2. The van der Waals surface area contributed by atoms with E-state index < -0.39 is 61.4 Å². The van der Waals surface area contributed by atoms with Crippen LogP contribution in [-0.4, -0.2) is 89.9 Å². The van der Waals surface area contributed by atoms with Gasteiger partial charge in [-0.1, -0.05) is 152 Å². The van der Waals surface area contributed by atoms with E-state index in [0.29, 0.717) is 6.61 Å². The maximum absolute atomic E-state index is 11.7. The average Bonchev–Trinajstić information content (AvgIpc) is 3.26. The van der Waals surface area contributed by atoms with Crippen LogP contribution in [0, 0.1) is 0 Å². The van der Waals surface area contributed by atoms with Gasteiger partial charge in [-0.2, -0.15) is 0 Å². The Bertz CT molecular complexity index is 1870. The van der Waals surface area contributed by atoms with Crippen LogP contribution in [-0.2, 0) is 70.9 Å². The normalized spacial score (nSPS) is 27.3. The van der Waals surface area contributed by atoms with Gasteiger partial charge in [-0.3, -0.25) is 0 Å². The lowest BCUT2D eigenvalue weighted by Gasteiger charge is -2.48. The summed E-state index contributed by atoms with van der Waals surface area (Å²) in [5.74, 6) is 0. The molecule has 0 amide bonds. The summed E-state index contributed by atoms with van der Waals surface area (Å²) in [5, 5.41) is 35.0. The molecule has 0 unspecified atom stereocenters. The fourth-order valence-electron chi connectivity index (χ4n) is 7.11. The lowest BCUT2D eigenvalue weighted by molar-refractivity contribution is -0.367. The Balaban J connectivity index is 1.15. The first-order chi connectivity index (χ1) is 28.5. The zero-order valence-corrected chi connectivity index (χ0v) is 32.3. The molecule has 11 nitrogen and oxygen atoms in total. The summed E-state index contributed by atoms with van der Waals surface area (Å²) in [6.45, 7) is 1.06. The molecular weight excluding hydrogens is 741 g/mol. The van der Waals surface area contributed by atoms with Gasteiger partial charge >= 0.3 is 0 Å². The molecule has 2 fully saturated rings. The Labute approximate surface area is 339 Å². The van der Waals surface area contributed by atoms with Gasteiger partial charge in [0.2, 0.25) is 0 Å². The monoisotopic (exact) mass is 792 g/mol. The Morgan fingerprint density at radius 3 is 1.17 bits per heavy atom. The maximum atomic E-state index is 11.7. The molecule has 2 saturated heterocycles. The van der Waals surface area contributed by atoms with Crippen molar-refractivity contribution >= 4 is 0 Å². The van der Waals surface area contributed by atoms with E-state index in [9.17, 15) is 15.3 Å². The van der Waals surface area contributed by atoms with Gasteiger partial charge in [0.25, 0.3) is 0 Å². The van der Waals surface area contributed by atoms with Gasteiger partial charge in [0.15, 0.2) is 12.6 Å². The summed E-state index contributed by atoms with van der Waals surface area (Å²) in [7, 11) is 0. The van der Waals surface area contributed by atoms with E-state index in [0.717, 1.165) is 27.8 Å². The van der Waals surface area contributed by atoms with Crippen LogP contribution < -0.4 is 0 Å². The van der Waals surface area contributed by atoms with Crippen LogP contribution >= 0.6 is 0 Å². The predicted molar refractivity (Wildman–Crippen MR) is 214 cm³/mol. The second-order valence-electron chi connectivity index (χ2n) is 14.5. The fourth-order valence-corrected chi connectivity index (χ4v) is 7.11. The molecule has 7 rings (SSSR count). The molecule has 5 aromatic carbocycles. The van der Waals surface area contributed by atoms with Gasteiger partial charge in [-0.25, -0.2) is 0 Å². The number of aliphatic hydroxyl groups excluding tert-OH is 3. The van der Waals surface area contributed by atoms with E-state index >= 15 is 0 Å². The van der Waals surface area contributed by atoms with Gasteiger partial charge in [0, 0.05) is 0 Å². The van der Waals surface area contributed by atoms with Crippen LogP contribution in [0.1, 0.15) is 27.8 Å². The first-order valence-electron chi connectivity index (χ1n) is 19.7. The molecule has 2 aliphatic rings. The Morgan fingerprint density at radius 1 is 0.379 bits per heavy atom. The molecule has 2 heterocycles. The highest BCUT2D eigenvalue weighted by molar-refractivity contribution is 5.17. The van der Waals surface area contributed by atoms with Crippen LogP contribution in [0.25, 0.3) is 0 Å². The quantitative estimate of drug-likeness (QED) is 0.0948. The van der Waals surface area contributed by atoms with E-state index in [1.54, 1.807) is 0 Å². The average molecular weight is 793 g/mol. The van der Waals surface area contributed by atoms with Crippen molar-refractivity contribution < 1.29 is 53.2 Å². The molecule has 0 radical (unpaired) electrons. The van der Waals surface area contributed by atoms with Crippen molar-refractivity contribution in [2.24, 2.45) is 0 Å². The van der Waals surface area contributed by atoms with Crippen molar-refractivity contribution in [2.45, 2.75) is 94.4 Å². The van der Waals surface area contributed by atoms with Crippen LogP contribution in [0.4, 0.5) is 0 Å². The molecule has 2 aliphatic heterocycles. The summed E-state index contributed by atoms with van der Waals surface area (Å²) in [6, 6.07) is 48.2. The number of aliphatic hydroxyl groups is 3. The van der Waals surface area contributed by atoms with E-state index in [2.05, 4.69) is 0 Å². The van der Waals surface area contributed by atoms with Gasteiger partial charge in [0.1, 0.15) is 48.8 Å². The molecule has 0 aliphatic carbocycles. The van der Waals surface area contributed by atoms with Crippen LogP contribution in [0.3, 0.4) is 0 Å². The molecule has 10 atom stereocenters. The third kappa shape index (κ3) is 11.7. The summed E-state index contributed by atoms with van der Waals surface area (Å²) < 4.78 is 50.9. The minimum atomic E-state index is -1.55. The first kappa shape index (κ1) is 41.8. The minimum Gasteiger partial charge on any atom is -0.387 e. The molecule has 58 heavy (non-hydrogen) atoms. The number of ether oxygens (including phenoxy) is 8. The molecular formula is C47H52O11. The number of rotatable bonds is 19. The van der Waals surface area contributed by atoms with Crippen molar-refractivity contribution in [3.8, 4) is 0 Å². The number of benzene rings is 5. The van der Waals surface area contributed by atoms with E-state index in [-0.39, 0.29) is 39.6 Å². The lowest BCUT2D eigenvalue weighted by Crippen LogP contribution is -2.65. The molecule has 5 aromatic rings. The summed E-state index contributed by atoms with van der Waals surface area (Å²) in [5.41, 5.74) is 4.58. The molecule has 0 bridgehead atoms. The fraction of sp³-hybridized carbons (Fsp3) is 0.362. The van der Waals surface area contributed by atoms with Crippen LogP contribution in [0.2, 0.25) is 0 Å². The van der Waals surface area contributed by atoms with E-state index in [1.165, 1.54) is 0 Å². The van der Waals surface area contributed by atoms with Crippen LogP contribution in [0.5, 0.6) is 0 Å². The molecule has 306 valence electrons. The maximum Gasteiger partial charge on any atom is 0.187 e. The minimum absolute atomic E-state index is 0.00891. The van der Waals surface area contributed by atoms with Crippen molar-refractivity contribution in [1.29, 1.82) is 0 Å². The van der Waals surface area contributed by atoms with E-state index in [1.807, 2.05) is 152 Å². The first-order valence-corrected chi connectivity index (χ1v) is 19.7. The molecule has 0 aromatic heterocycles. The zero-order valence-electron chi connectivity index (χ0n) is 32.3. The van der Waals surface area contributed by atoms with Gasteiger partial charge in [0.05, 0.1) is 46.2 Å². The highest BCUT2D eigenvalue weighted by atomic mass is 16.7. The molecule has 3 N–H and O–H groups in total. The lowest BCUT2D eigenvalue weighted by atomic mass is 9.96. The highest BCUT2D eigenvalue weighted by Gasteiger charge is 2.52. The number of hydrogen-bond acceptors (Lipinski definition) is 11. The van der Waals surface area contributed by atoms with E-state index in [4.69, 9.17) is 37.9 Å². The topological polar surface area (TPSA) is 135 Å². The van der Waals surface area contributed by atoms with Crippen molar-refractivity contribution in [3.05, 3.63) is 179 Å². The van der Waals surface area contributed by atoms with Gasteiger partial charge < -0.3 is 53.2 Å². The molecule has 11 heteroatoms. The summed E-state index contributed by atoms with van der Waals surface area (Å²) in [6.07, 6.45) is -11.5. The van der Waals surface area contributed by atoms with Gasteiger partial charge in [-0.15, -0.1) is 0 Å². The van der Waals surface area contributed by atoms with Crippen molar-refractivity contribution in [3.63, 3.8) is 0 Å². The standard InChI is InChI=1S/C47H52O11/c48-40-41(49)47(57-38(31-51-26-33-16-6-1-7-17-33)42(40)53-28-35-20-10-3-11-21-35)58-43-39(32-52-27-34-18-8-2-9-19-34)56-46(50)45(55-30-37-24-14-5-15-25-37)44(43)54-29-36-22-12-4-13-23-36/h1-25,38-50H,26-32H2/t38-,39-,40-,41-,42-,43-,44+,45-,46+,47+/m1/s1. The third-order valence-electron chi connectivity index (χ3n) is 10.2. The summed E-state index contributed by atoms with van der Waals surface area (Å²) >= 11 is 0. The Hall–Kier alpha value is -4.34.